The van der Waals surface area contributed by atoms with E-state index in [1.54, 1.807) is 0 Å². The van der Waals surface area contributed by atoms with Crippen molar-refractivity contribution in [2.45, 2.75) is 52.9 Å². The molecule has 4 aromatic rings. The summed E-state index contributed by atoms with van der Waals surface area (Å²) >= 11 is 0. The average Bonchev–Trinajstić information content (AvgIpc) is 3.23. The number of hydrogen-bond acceptors (Lipinski definition) is 4. The van der Waals surface area contributed by atoms with E-state index in [9.17, 15) is 4.79 Å². The molecule has 218 valence electrons. The molecule has 1 aliphatic carbocycles. The molecule has 42 heavy (non-hydrogen) atoms. The first-order valence-corrected chi connectivity index (χ1v) is 15.1. The molecule has 0 atom stereocenters. The minimum Gasteiger partial charge on any atom is -0.493 e. The van der Waals surface area contributed by atoms with Crippen LogP contribution in [0.15, 0.2) is 72.8 Å². The first-order valence-electron chi connectivity index (χ1n) is 15.1. The number of ether oxygens (including phenoxy) is 2. The lowest BCUT2D eigenvalue weighted by atomic mass is 9.66. The van der Waals surface area contributed by atoms with Crippen LogP contribution in [0.2, 0.25) is 0 Å². The zero-order chi connectivity index (χ0) is 30.0. The van der Waals surface area contributed by atoms with Gasteiger partial charge in [0.1, 0.15) is 11.3 Å². The molecule has 0 spiro atoms. The van der Waals surface area contributed by atoms with Crippen LogP contribution >= 0.6 is 0 Å². The number of carbonyl (C=O) groups is 1. The summed E-state index contributed by atoms with van der Waals surface area (Å²) in [5.74, 6) is 0.217. The summed E-state index contributed by atoms with van der Waals surface area (Å²) in [5, 5.41) is 0. The summed E-state index contributed by atoms with van der Waals surface area (Å²) < 4.78 is 11.8. The minimum atomic E-state index is -0.605. The summed E-state index contributed by atoms with van der Waals surface area (Å²) in [6.07, 6.45) is 1.94. The number of carbonyl (C=O) groups excluding carboxylic acids is 1. The van der Waals surface area contributed by atoms with Crippen LogP contribution in [-0.4, -0.2) is 44.7 Å². The Hall–Kier alpha value is -3.89. The van der Waals surface area contributed by atoms with Crippen molar-refractivity contribution >= 4 is 5.97 Å². The van der Waals surface area contributed by atoms with Gasteiger partial charge in [0.15, 0.2) is 0 Å². The molecule has 0 N–H and O–H groups in total. The lowest BCUT2D eigenvalue weighted by Gasteiger charge is -2.35. The smallest absolute Gasteiger partial charge is 0.341 e. The molecule has 0 fully saturated rings. The highest BCUT2D eigenvalue weighted by molar-refractivity contribution is 5.94. The standard InChI is InChI=1S/C38H43NO3/c1-8-41-37(40)33-24-30(15-18-36(33)42-20-10-9-19-39(6)7)38(29-14-13-27(4)28(5)23-29)34-21-25(2)11-16-31(34)32-17-12-26(3)22-35(32)38/h11-18,21-24H,8-10,19-20H2,1-7H3. The van der Waals surface area contributed by atoms with Crippen LogP contribution in [0.5, 0.6) is 5.75 Å². The summed E-state index contributed by atoms with van der Waals surface area (Å²) in [5.41, 5.74) is 11.9. The van der Waals surface area contributed by atoms with Crippen molar-refractivity contribution in [3.8, 4) is 16.9 Å². The van der Waals surface area contributed by atoms with Crippen molar-refractivity contribution < 1.29 is 14.3 Å². The maximum absolute atomic E-state index is 13.4. The highest BCUT2D eigenvalue weighted by Gasteiger charge is 2.47. The number of nitrogens with zero attached hydrogens (tertiary/aromatic N) is 1. The van der Waals surface area contributed by atoms with Gasteiger partial charge in [-0.3, -0.25) is 0 Å². The first kappa shape index (κ1) is 29.6. The molecule has 0 unspecified atom stereocenters. The van der Waals surface area contributed by atoms with Crippen molar-refractivity contribution in [1.29, 1.82) is 0 Å². The minimum absolute atomic E-state index is 0.303. The van der Waals surface area contributed by atoms with Crippen molar-refractivity contribution in [3.63, 3.8) is 0 Å². The highest BCUT2D eigenvalue weighted by Crippen LogP contribution is 2.57. The summed E-state index contributed by atoms with van der Waals surface area (Å²) in [7, 11) is 4.15. The second-order valence-electron chi connectivity index (χ2n) is 11.9. The van der Waals surface area contributed by atoms with E-state index < -0.39 is 5.41 Å². The zero-order valence-corrected chi connectivity index (χ0v) is 26.1. The Balaban J connectivity index is 1.75. The number of unbranched alkanes of at least 4 members (excludes halogenated alkanes) is 1. The fourth-order valence-corrected chi connectivity index (χ4v) is 6.28. The van der Waals surface area contributed by atoms with E-state index in [-0.39, 0.29) is 5.97 Å². The van der Waals surface area contributed by atoms with E-state index >= 15 is 0 Å². The van der Waals surface area contributed by atoms with Gasteiger partial charge in [-0.25, -0.2) is 4.79 Å². The Morgan fingerprint density at radius 3 is 1.95 bits per heavy atom. The Bertz CT molecular complexity index is 1570. The summed E-state index contributed by atoms with van der Waals surface area (Å²) in [4.78, 5) is 15.6. The van der Waals surface area contributed by atoms with Gasteiger partial charge in [0, 0.05) is 0 Å². The van der Waals surface area contributed by atoms with Crippen LogP contribution in [0.25, 0.3) is 11.1 Å². The molecule has 0 aliphatic heterocycles. The van der Waals surface area contributed by atoms with E-state index in [0.29, 0.717) is 24.5 Å². The molecule has 0 saturated carbocycles. The second-order valence-corrected chi connectivity index (χ2v) is 11.9. The van der Waals surface area contributed by atoms with Gasteiger partial charge in [0.2, 0.25) is 0 Å². The van der Waals surface area contributed by atoms with Crippen LogP contribution < -0.4 is 4.74 Å². The Kier molecular flexibility index (Phi) is 8.56. The Morgan fingerprint density at radius 2 is 1.36 bits per heavy atom. The number of aryl methyl sites for hydroxylation is 4. The second kappa shape index (κ2) is 12.1. The fraction of sp³-hybridized carbons (Fsp3) is 0.342. The molecule has 4 heteroatoms. The normalized spacial score (nSPS) is 13.1. The maximum atomic E-state index is 13.4. The number of esters is 1. The van der Waals surface area contributed by atoms with Crippen molar-refractivity contribution in [2.75, 3.05) is 33.9 Å². The van der Waals surface area contributed by atoms with Gasteiger partial charge in [0.25, 0.3) is 0 Å². The molecule has 4 nitrogen and oxygen atoms in total. The van der Waals surface area contributed by atoms with Crippen molar-refractivity contribution in [1.82, 2.24) is 4.90 Å². The van der Waals surface area contributed by atoms with Gasteiger partial charge >= 0.3 is 5.97 Å². The molecule has 4 aromatic carbocycles. The maximum Gasteiger partial charge on any atom is 0.341 e. The fourth-order valence-electron chi connectivity index (χ4n) is 6.28. The molecular weight excluding hydrogens is 518 g/mol. The number of rotatable bonds is 10. The number of benzene rings is 4. The van der Waals surface area contributed by atoms with Gasteiger partial charge in [-0.15, -0.1) is 0 Å². The zero-order valence-electron chi connectivity index (χ0n) is 26.1. The van der Waals surface area contributed by atoms with Gasteiger partial charge in [0.05, 0.1) is 18.6 Å². The molecule has 1 aliphatic rings. The van der Waals surface area contributed by atoms with E-state index in [1.165, 1.54) is 50.1 Å². The number of hydrogen-bond donors (Lipinski definition) is 0. The Morgan fingerprint density at radius 1 is 0.738 bits per heavy atom. The van der Waals surface area contributed by atoms with Crippen LogP contribution in [-0.2, 0) is 10.2 Å². The first-order chi connectivity index (χ1) is 20.2. The predicted octanol–water partition coefficient (Wildman–Crippen LogP) is 8.18. The molecule has 0 bridgehead atoms. The van der Waals surface area contributed by atoms with Crippen LogP contribution in [0.4, 0.5) is 0 Å². The molecule has 0 saturated heterocycles. The predicted molar refractivity (Wildman–Crippen MR) is 172 cm³/mol. The molecule has 5 rings (SSSR count). The monoisotopic (exact) mass is 561 g/mol. The van der Waals surface area contributed by atoms with Crippen LogP contribution in [0.1, 0.15) is 74.6 Å². The van der Waals surface area contributed by atoms with Crippen molar-refractivity contribution in [3.05, 3.63) is 123 Å². The van der Waals surface area contributed by atoms with E-state index in [0.717, 1.165) is 24.9 Å². The van der Waals surface area contributed by atoms with Crippen molar-refractivity contribution in [2.24, 2.45) is 0 Å². The van der Waals surface area contributed by atoms with E-state index in [1.807, 2.05) is 19.1 Å². The largest absolute Gasteiger partial charge is 0.493 e. The van der Waals surface area contributed by atoms with Crippen LogP contribution in [0, 0.1) is 27.7 Å². The van der Waals surface area contributed by atoms with E-state index in [2.05, 4.69) is 107 Å². The molecule has 0 heterocycles. The average molecular weight is 562 g/mol. The van der Waals surface area contributed by atoms with Gasteiger partial charge in [-0.1, -0.05) is 71.8 Å². The van der Waals surface area contributed by atoms with Crippen LogP contribution in [0.3, 0.4) is 0 Å². The summed E-state index contributed by atoms with van der Waals surface area (Å²) in [6.45, 7) is 12.3. The SMILES string of the molecule is CCOC(=O)c1cc(C2(c3ccc(C)c(C)c3)c3cc(C)ccc3-c3ccc(C)cc32)ccc1OCCCCN(C)C. The van der Waals surface area contributed by atoms with Gasteiger partial charge < -0.3 is 14.4 Å². The third kappa shape index (κ3) is 5.36. The van der Waals surface area contributed by atoms with E-state index in [4.69, 9.17) is 9.47 Å². The van der Waals surface area contributed by atoms with Gasteiger partial charge in [-0.05, 0) is 125 Å². The Labute approximate surface area is 251 Å². The lowest BCUT2D eigenvalue weighted by molar-refractivity contribution is 0.0521. The molecule has 0 amide bonds. The van der Waals surface area contributed by atoms with Gasteiger partial charge in [-0.2, -0.15) is 0 Å². The topological polar surface area (TPSA) is 38.8 Å². The third-order valence-corrected chi connectivity index (χ3v) is 8.55. The summed E-state index contributed by atoms with van der Waals surface area (Å²) in [6, 6.07) is 26.4. The highest BCUT2D eigenvalue weighted by atomic mass is 16.5. The third-order valence-electron chi connectivity index (χ3n) is 8.55. The quantitative estimate of drug-likeness (QED) is 0.127. The lowest BCUT2D eigenvalue weighted by Crippen LogP contribution is -2.29. The molecular formula is C38H43NO3. The number of fused-ring (bicyclic) bond motifs is 3. The molecule has 0 radical (unpaired) electrons. The molecule has 0 aromatic heterocycles.